The van der Waals surface area contributed by atoms with Gasteiger partial charge in [0.15, 0.2) is 0 Å². The topological polar surface area (TPSA) is 51.2 Å². The van der Waals surface area contributed by atoms with Crippen molar-refractivity contribution in [3.8, 4) is 0 Å². The van der Waals surface area contributed by atoms with Crippen LogP contribution in [0.3, 0.4) is 0 Å². The minimum absolute atomic E-state index is 0.323. The molecule has 0 radical (unpaired) electrons. The average Bonchev–Trinajstić information content (AvgIpc) is 2.29. The highest BCUT2D eigenvalue weighted by Gasteiger charge is 2.42. The first-order chi connectivity index (χ1) is 8.58. The van der Waals surface area contributed by atoms with Gasteiger partial charge in [0.1, 0.15) is 0 Å². The largest absolute Gasteiger partial charge is 0.387 e. The Morgan fingerprint density at radius 3 is 2.17 bits per heavy atom. The molecule has 0 unspecified atom stereocenters. The first kappa shape index (κ1) is 15.9. The zero-order valence-corrected chi connectivity index (χ0v) is 11.9. The van der Waals surface area contributed by atoms with Gasteiger partial charge in [0.25, 0.3) is 0 Å². The van der Waals surface area contributed by atoms with Crippen molar-refractivity contribution in [2.45, 2.75) is 19.4 Å². The molecule has 1 fully saturated rings. The van der Waals surface area contributed by atoms with E-state index >= 15 is 0 Å². The molecule has 0 aliphatic carbocycles. The van der Waals surface area contributed by atoms with Crippen molar-refractivity contribution in [2.24, 2.45) is 5.92 Å². The lowest BCUT2D eigenvalue weighted by Crippen LogP contribution is -2.64. The lowest BCUT2D eigenvalue weighted by Gasteiger charge is -2.49. The lowest BCUT2D eigenvalue weighted by atomic mass is 9.83. The van der Waals surface area contributed by atoms with Crippen molar-refractivity contribution < 1.29 is 19.3 Å². The van der Waals surface area contributed by atoms with Gasteiger partial charge in [0.05, 0.1) is 38.6 Å². The Bertz CT molecular complexity index is 217. The molecule has 0 aromatic carbocycles. The molecule has 1 heterocycles. The number of β-amino-alcohol motifs (C(OH)–C–C–N with tert-alkyl or cyclic N) is 1. The quantitative estimate of drug-likeness (QED) is 0.576. The highest BCUT2D eigenvalue weighted by Crippen LogP contribution is 2.27. The van der Waals surface area contributed by atoms with Gasteiger partial charge in [-0.1, -0.05) is 13.8 Å². The maximum Gasteiger partial charge on any atom is 0.0922 e. The normalized spacial score (nSPS) is 19.2. The maximum absolute atomic E-state index is 10.1. The molecule has 1 aliphatic rings. The van der Waals surface area contributed by atoms with Crippen molar-refractivity contribution in [2.75, 3.05) is 59.8 Å². The summed E-state index contributed by atoms with van der Waals surface area (Å²) in [6.45, 7) is 9.70. The molecule has 0 spiro atoms. The van der Waals surface area contributed by atoms with Crippen LogP contribution in [0.5, 0.6) is 0 Å². The summed E-state index contributed by atoms with van der Waals surface area (Å²) in [5.41, 5.74) is -0.483. The zero-order chi connectivity index (χ0) is 13.4. The van der Waals surface area contributed by atoms with Crippen molar-refractivity contribution in [3.05, 3.63) is 0 Å². The van der Waals surface area contributed by atoms with Crippen LogP contribution >= 0.6 is 0 Å². The third-order valence-electron chi connectivity index (χ3n) is 3.43. The molecular formula is C13H27NO4. The Morgan fingerprint density at radius 1 is 1.06 bits per heavy atom. The zero-order valence-electron chi connectivity index (χ0n) is 11.9. The van der Waals surface area contributed by atoms with Crippen molar-refractivity contribution in [1.82, 2.24) is 4.90 Å². The number of likely N-dealkylation sites (tertiary alicyclic amines) is 1. The molecule has 1 aliphatic heterocycles. The standard InChI is InChI=1S/C13H27NO4/c1-12(2)13(15)10-14(11-13)4-5-17-8-9-18-7-6-16-3/h12,15H,4-11H2,1-3H3. The van der Waals surface area contributed by atoms with Crippen LogP contribution in [-0.2, 0) is 14.2 Å². The Morgan fingerprint density at radius 2 is 1.61 bits per heavy atom. The van der Waals surface area contributed by atoms with Gasteiger partial charge >= 0.3 is 0 Å². The summed E-state index contributed by atoms with van der Waals surface area (Å²) in [6.07, 6.45) is 0. The molecule has 0 aromatic rings. The van der Waals surface area contributed by atoms with Crippen LogP contribution < -0.4 is 0 Å². The second kappa shape index (κ2) is 8.07. The second-order valence-electron chi connectivity index (χ2n) is 5.19. The van der Waals surface area contributed by atoms with Crippen molar-refractivity contribution >= 4 is 0 Å². The lowest BCUT2D eigenvalue weighted by molar-refractivity contribution is -0.132. The third-order valence-corrected chi connectivity index (χ3v) is 3.43. The number of hydrogen-bond acceptors (Lipinski definition) is 5. The molecule has 108 valence electrons. The van der Waals surface area contributed by atoms with E-state index in [4.69, 9.17) is 14.2 Å². The monoisotopic (exact) mass is 261 g/mol. The van der Waals surface area contributed by atoms with Crippen LogP contribution in [0.4, 0.5) is 0 Å². The van der Waals surface area contributed by atoms with Crippen LogP contribution in [0.2, 0.25) is 0 Å². The Balaban J connectivity index is 1.86. The summed E-state index contributed by atoms with van der Waals surface area (Å²) in [7, 11) is 1.66. The summed E-state index contributed by atoms with van der Waals surface area (Å²) < 4.78 is 15.6. The molecule has 5 nitrogen and oxygen atoms in total. The smallest absolute Gasteiger partial charge is 0.0922 e. The minimum atomic E-state index is -0.483. The predicted molar refractivity (Wildman–Crippen MR) is 69.7 cm³/mol. The molecule has 1 rings (SSSR count). The third kappa shape index (κ3) is 5.20. The Labute approximate surface area is 110 Å². The molecule has 0 saturated carbocycles. The summed E-state index contributed by atoms with van der Waals surface area (Å²) in [5, 5.41) is 10.1. The van der Waals surface area contributed by atoms with Gasteiger partial charge < -0.3 is 19.3 Å². The van der Waals surface area contributed by atoms with E-state index < -0.39 is 5.60 Å². The second-order valence-corrected chi connectivity index (χ2v) is 5.19. The number of nitrogens with zero attached hydrogens (tertiary/aromatic N) is 1. The van der Waals surface area contributed by atoms with Crippen LogP contribution in [-0.4, -0.2) is 75.4 Å². The minimum Gasteiger partial charge on any atom is -0.387 e. The predicted octanol–water partition coefficient (Wildman–Crippen LogP) is 0.369. The number of hydrogen-bond donors (Lipinski definition) is 1. The first-order valence-electron chi connectivity index (χ1n) is 6.67. The molecule has 1 saturated heterocycles. The van der Waals surface area contributed by atoms with Gasteiger partial charge in [-0.15, -0.1) is 0 Å². The fraction of sp³-hybridized carbons (Fsp3) is 1.00. The number of aliphatic hydroxyl groups is 1. The molecule has 18 heavy (non-hydrogen) atoms. The molecule has 0 aromatic heterocycles. The van der Waals surface area contributed by atoms with Gasteiger partial charge in [-0.25, -0.2) is 0 Å². The molecule has 0 atom stereocenters. The van der Waals surface area contributed by atoms with E-state index in [0.717, 1.165) is 19.6 Å². The van der Waals surface area contributed by atoms with Crippen LogP contribution in [0.15, 0.2) is 0 Å². The van der Waals surface area contributed by atoms with E-state index in [-0.39, 0.29) is 0 Å². The summed E-state index contributed by atoms with van der Waals surface area (Å²) in [5.74, 6) is 0.323. The SMILES string of the molecule is COCCOCCOCCN1CC(O)(C(C)C)C1. The number of ether oxygens (including phenoxy) is 3. The molecule has 1 N–H and O–H groups in total. The van der Waals surface area contributed by atoms with Gasteiger partial charge in [-0.3, -0.25) is 4.90 Å². The fourth-order valence-electron chi connectivity index (χ4n) is 1.91. The number of methoxy groups -OCH3 is 1. The molecule has 5 heteroatoms. The van der Waals surface area contributed by atoms with E-state index in [1.165, 1.54) is 0 Å². The van der Waals surface area contributed by atoms with E-state index in [1.54, 1.807) is 7.11 Å². The summed E-state index contributed by atoms with van der Waals surface area (Å²) in [4.78, 5) is 2.21. The Hall–Kier alpha value is -0.200. The van der Waals surface area contributed by atoms with Crippen LogP contribution in [0.25, 0.3) is 0 Å². The van der Waals surface area contributed by atoms with Crippen LogP contribution in [0.1, 0.15) is 13.8 Å². The van der Waals surface area contributed by atoms with E-state index in [2.05, 4.69) is 18.7 Å². The Kier molecular flexibility index (Phi) is 7.11. The first-order valence-corrected chi connectivity index (χ1v) is 6.67. The molecular weight excluding hydrogens is 234 g/mol. The van der Waals surface area contributed by atoms with E-state index in [9.17, 15) is 5.11 Å². The number of rotatable bonds is 10. The van der Waals surface area contributed by atoms with E-state index in [0.29, 0.717) is 39.0 Å². The molecule has 0 bridgehead atoms. The maximum atomic E-state index is 10.1. The van der Waals surface area contributed by atoms with E-state index in [1.807, 2.05) is 0 Å². The van der Waals surface area contributed by atoms with Crippen molar-refractivity contribution in [3.63, 3.8) is 0 Å². The fourth-order valence-corrected chi connectivity index (χ4v) is 1.91. The average molecular weight is 261 g/mol. The highest BCUT2D eigenvalue weighted by molar-refractivity contribution is 4.97. The highest BCUT2D eigenvalue weighted by atomic mass is 16.5. The summed E-state index contributed by atoms with van der Waals surface area (Å²) >= 11 is 0. The van der Waals surface area contributed by atoms with Gasteiger partial charge in [0.2, 0.25) is 0 Å². The van der Waals surface area contributed by atoms with Crippen molar-refractivity contribution in [1.29, 1.82) is 0 Å². The van der Waals surface area contributed by atoms with Gasteiger partial charge in [-0.2, -0.15) is 0 Å². The summed E-state index contributed by atoms with van der Waals surface area (Å²) in [6, 6.07) is 0. The molecule has 0 amide bonds. The van der Waals surface area contributed by atoms with Gasteiger partial charge in [0, 0.05) is 26.7 Å². The van der Waals surface area contributed by atoms with Gasteiger partial charge in [-0.05, 0) is 5.92 Å². The van der Waals surface area contributed by atoms with Crippen LogP contribution in [0, 0.1) is 5.92 Å².